The standard InChI is InChI=1S/C18H15N5O2S/c1-2-16-21-15(11-26-16)22-18(25)20-8-17(24)23-9-13(10-23)14-6-4-3-5-12(14)7-19/h1,3-6,11,13H,8-10H2,(H2,20,22,25). The maximum absolute atomic E-state index is 12.1. The van der Waals surface area contributed by atoms with Crippen molar-refractivity contribution in [3.63, 3.8) is 0 Å². The molecule has 2 N–H and O–H groups in total. The number of thiazole rings is 1. The van der Waals surface area contributed by atoms with Crippen LogP contribution < -0.4 is 10.6 Å². The van der Waals surface area contributed by atoms with Gasteiger partial charge in [-0.3, -0.25) is 10.1 Å². The monoisotopic (exact) mass is 365 g/mol. The molecule has 3 amide bonds. The van der Waals surface area contributed by atoms with Crippen LogP contribution in [0.15, 0.2) is 29.6 Å². The van der Waals surface area contributed by atoms with Gasteiger partial charge in [0.1, 0.15) is 5.82 Å². The number of aromatic nitrogens is 1. The van der Waals surface area contributed by atoms with Crippen LogP contribution >= 0.6 is 11.3 Å². The predicted octanol–water partition coefficient (Wildman–Crippen LogP) is 1.74. The molecule has 1 saturated heterocycles. The highest BCUT2D eigenvalue weighted by Gasteiger charge is 2.32. The van der Waals surface area contributed by atoms with Gasteiger partial charge in [-0.1, -0.05) is 18.2 Å². The zero-order chi connectivity index (χ0) is 18.5. The quantitative estimate of drug-likeness (QED) is 0.807. The smallest absolute Gasteiger partial charge is 0.320 e. The normalized spacial score (nSPS) is 13.2. The van der Waals surface area contributed by atoms with Crippen LogP contribution in [0.3, 0.4) is 0 Å². The molecule has 0 unspecified atom stereocenters. The zero-order valence-electron chi connectivity index (χ0n) is 13.7. The van der Waals surface area contributed by atoms with Crippen molar-refractivity contribution in [2.24, 2.45) is 0 Å². The number of terminal acetylenes is 1. The number of nitriles is 1. The van der Waals surface area contributed by atoms with Gasteiger partial charge in [0.25, 0.3) is 0 Å². The fraction of sp³-hybridized carbons (Fsp3) is 0.222. The molecule has 1 aromatic heterocycles. The number of hydrogen-bond donors (Lipinski definition) is 2. The van der Waals surface area contributed by atoms with Gasteiger partial charge >= 0.3 is 6.03 Å². The lowest BCUT2D eigenvalue weighted by atomic mass is 9.88. The van der Waals surface area contributed by atoms with Gasteiger partial charge in [-0.25, -0.2) is 9.78 Å². The number of carbonyl (C=O) groups excluding carboxylic acids is 2. The minimum atomic E-state index is -0.515. The van der Waals surface area contributed by atoms with E-state index < -0.39 is 6.03 Å². The van der Waals surface area contributed by atoms with Gasteiger partial charge in [0, 0.05) is 24.4 Å². The van der Waals surface area contributed by atoms with E-state index in [9.17, 15) is 9.59 Å². The lowest BCUT2D eigenvalue weighted by Gasteiger charge is -2.40. The highest BCUT2D eigenvalue weighted by Crippen LogP contribution is 2.29. The molecule has 0 bridgehead atoms. The van der Waals surface area contributed by atoms with Crippen LogP contribution in [0, 0.1) is 23.7 Å². The maximum atomic E-state index is 12.1. The minimum Gasteiger partial charge on any atom is -0.340 e. The fourth-order valence-electron chi connectivity index (χ4n) is 2.66. The first-order valence-corrected chi connectivity index (χ1v) is 8.72. The van der Waals surface area contributed by atoms with Crippen molar-refractivity contribution < 1.29 is 9.59 Å². The third-order valence-electron chi connectivity index (χ3n) is 4.02. The number of anilines is 1. The van der Waals surface area contributed by atoms with Crippen LogP contribution in [0.5, 0.6) is 0 Å². The van der Waals surface area contributed by atoms with Gasteiger partial charge in [-0.2, -0.15) is 5.26 Å². The average Bonchev–Trinajstić information content (AvgIpc) is 3.06. The van der Waals surface area contributed by atoms with E-state index in [1.807, 2.05) is 18.2 Å². The molecule has 1 aliphatic rings. The van der Waals surface area contributed by atoms with Gasteiger partial charge in [-0.05, 0) is 17.6 Å². The zero-order valence-corrected chi connectivity index (χ0v) is 14.5. The highest BCUT2D eigenvalue weighted by atomic mass is 32.1. The second-order valence-electron chi connectivity index (χ2n) is 5.68. The number of likely N-dealkylation sites (tertiary alicyclic amines) is 1. The predicted molar refractivity (Wildman–Crippen MR) is 97.5 cm³/mol. The van der Waals surface area contributed by atoms with Crippen molar-refractivity contribution in [1.82, 2.24) is 15.2 Å². The molecule has 2 heterocycles. The first kappa shape index (κ1) is 17.5. The Bertz CT molecular complexity index is 918. The molecule has 0 aliphatic carbocycles. The Balaban J connectivity index is 1.44. The first-order chi connectivity index (χ1) is 12.6. The Kier molecular flexibility index (Phi) is 5.16. The fourth-order valence-corrected chi connectivity index (χ4v) is 3.21. The third-order valence-corrected chi connectivity index (χ3v) is 4.80. The summed E-state index contributed by atoms with van der Waals surface area (Å²) in [5, 5.41) is 16.3. The van der Waals surface area contributed by atoms with Crippen molar-refractivity contribution in [1.29, 1.82) is 5.26 Å². The number of rotatable bonds is 4. The van der Waals surface area contributed by atoms with E-state index in [1.165, 1.54) is 11.3 Å². The molecule has 8 heteroatoms. The van der Waals surface area contributed by atoms with Crippen molar-refractivity contribution in [3.05, 3.63) is 45.8 Å². The molecule has 1 fully saturated rings. The van der Waals surface area contributed by atoms with Crippen molar-refractivity contribution in [2.45, 2.75) is 5.92 Å². The summed E-state index contributed by atoms with van der Waals surface area (Å²) in [6.45, 7) is 0.974. The lowest BCUT2D eigenvalue weighted by molar-refractivity contribution is -0.134. The van der Waals surface area contributed by atoms with Crippen molar-refractivity contribution in [2.75, 3.05) is 25.0 Å². The van der Waals surface area contributed by atoms with Gasteiger partial charge in [0.2, 0.25) is 5.91 Å². The Morgan fingerprint density at radius 1 is 1.38 bits per heavy atom. The number of nitrogens with zero attached hydrogens (tertiary/aromatic N) is 3. The van der Waals surface area contributed by atoms with Crippen LogP contribution in [-0.2, 0) is 4.79 Å². The summed E-state index contributed by atoms with van der Waals surface area (Å²) in [6, 6.07) is 9.05. The second kappa shape index (κ2) is 7.68. The van der Waals surface area contributed by atoms with Gasteiger partial charge < -0.3 is 10.2 Å². The number of urea groups is 1. The molecule has 3 rings (SSSR count). The Hall–Kier alpha value is -3.36. The number of nitrogens with one attached hydrogen (secondary N) is 2. The topological polar surface area (TPSA) is 98.1 Å². The molecule has 1 aliphatic heterocycles. The molecule has 0 spiro atoms. The third kappa shape index (κ3) is 3.82. The molecule has 130 valence electrons. The number of amides is 3. The molecule has 26 heavy (non-hydrogen) atoms. The van der Waals surface area contributed by atoms with E-state index >= 15 is 0 Å². The molecular formula is C18H15N5O2S. The van der Waals surface area contributed by atoms with Crippen LogP contribution in [0.25, 0.3) is 0 Å². The first-order valence-electron chi connectivity index (χ1n) is 7.84. The average molecular weight is 365 g/mol. The van der Waals surface area contributed by atoms with Crippen LogP contribution in [0.1, 0.15) is 22.1 Å². The maximum Gasteiger partial charge on any atom is 0.320 e. The van der Waals surface area contributed by atoms with Crippen molar-refractivity contribution in [3.8, 4) is 18.4 Å². The lowest BCUT2D eigenvalue weighted by Crippen LogP contribution is -2.52. The molecule has 2 aromatic rings. The minimum absolute atomic E-state index is 0.107. The van der Waals surface area contributed by atoms with Gasteiger partial charge in [0.15, 0.2) is 5.01 Å². The summed E-state index contributed by atoms with van der Waals surface area (Å²) in [5.41, 5.74) is 1.59. The van der Waals surface area contributed by atoms with Gasteiger partial charge in [-0.15, -0.1) is 17.8 Å². The van der Waals surface area contributed by atoms with E-state index in [0.717, 1.165) is 5.56 Å². The van der Waals surface area contributed by atoms with E-state index in [2.05, 4.69) is 27.6 Å². The second-order valence-corrected chi connectivity index (χ2v) is 6.54. The number of hydrogen-bond acceptors (Lipinski definition) is 5. The van der Waals surface area contributed by atoms with Crippen LogP contribution in [0.4, 0.5) is 10.6 Å². The SMILES string of the molecule is C#Cc1nc(NC(=O)NCC(=O)N2CC(c3ccccc3C#N)C2)cs1. The molecule has 7 nitrogen and oxygen atoms in total. The van der Waals surface area contributed by atoms with E-state index in [4.69, 9.17) is 11.7 Å². The molecule has 0 saturated carbocycles. The summed E-state index contributed by atoms with van der Waals surface area (Å²) >= 11 is 1.25. The summed E-state index contributed by atoms with van der Waals surface area (Å²) in [6.07, 6.45) is 5.22. The van der Waals surface area contributed by atoms with Crippen LogP contribution in [-0.4, -0.2) is 41.5 Å². The van der Waals surface area contributed by atoms with Gasteiger partial charge in [0.05, 0.1) is 18.2 Å². The number of carbonyl (C=O) groups is 2. The molecule has 1 aromatic carbocycles. The highest BCUT2D eigenvalue weighted by molar-refractivity contribution is 7.10. The van der Waals surface area contributed by atoms with E-state index in [0.29, 0.717) is 29.5 Å². The van der Waals surface area contributed by atoms with Crippen LogP contribution in [0.2, 0.25) is 0 Å². The molecular weight excluding hydrogens is 350 g/mol. The summed E-state index contributed by atoms with van der Waals surface area (Å²) in [4.78, 5) is 29.6. The van der Waals surface area contributed by atoms with Crippen molar-refractivity contribution >= 4 is 29.1 Å². The Morgan fingerprint density at radius 3 is 2.85 bits per heavy atom. The van der Waals surface area contributed by atoms with E-state index in [-0.39, 0.29) is 18.4 Å². The molecule has 0 atom stereocenters. The summed E-state index contributed by atoms with van der Waals surface area (Å²) in [7, 11) is 0. The Morgan fingerprint density at radius 2 is 2.15 bits per heavy atom. The Labute approximate surface area is 154 Å². The summed E-state index contributed by atoms with van der Waals surface area (Å²) < 4.78 is 0. The summed E-state index contributed by atoms with van der Waals surface area (Å²) in [5.74, 6) is 2.71. The largest absolute Gasteiger partial charge is 0.340 e. The number of benzene rings is 1. The molecule has 0 radical (unpaired) electrons. The van der Waals surface area contributed by atoms with E-state index in [1.54, 1.807) is 16.3 Å².